The Kier molecular flexibility index (Phi) is 4.34. The maximum atomic E-state index is 12.2. The monoisotopic (exact) mass is 297 g/mol. The molecule has 0 aromatic rings. The minimum Gasteiger partial charge on any atom is -0.481 e. The maximum Gasteiger partial charge on any atom is 0.307 e. The van der Waals surface area contributed by atoms with Crippen molar-refractivity contribution < 1.29 is 19.8 Å². The van der Waals surface area contributed by atoms with Gasteiger partial charge >= 0.3 is 5.97 Å². The number of aliphatic carboxylic acids is 1. The molecule has 0 bridgehead atoms. The highest BCUT2D eigenvalue weighted by Crippen LogP contribution is 2.58. The molecule has 2 saturated carbocycles. The fourth-order valence-corrected chi connectivity index (χ4v) is 3.75. The first-order chi connectivity index (χ1) is 9.71. The molecule has 3 N–H and O–H groups in total. The topological polar surface area (TPSA) is 86.6 Å². The zero-order valence-electron chi connectivity index (χ0n) is 13.2. The number of nitrogens with one attached hydrogen (secondary N) is 1. The quantitative estimate of drug-likeness (QED) is 0.722. The zero-order chi connectivity index (χ0) is 15.8. The lowest BCUT2D eigenvalue weighted by atomic mass is 9.78. The van der Waals surface area contributed by atoms with Crippen molar-refractivity contribution in [3.8, 4) is 0 Å². The van der Waals surface area contributed by atoms with Gasteiger partial charge in [0.1, 0.15) is 0 Å². The molecule has 0 spiro atoms. The summed E-state index contributed by atoms with van der Waals surface area (Å²) in [6, 6.07) is 0. The molecule has 0 unspecified atom stereocenters. The lowest BCUT2D eigenvalue weighted by Gasteiger charge is -2.35. The van der Waals surface area contributed by atoms with Gasteiger partial charge in [-0.2, -0.15) is 0 Å². The predicted molar refractivity (Wildman–Crippen MR) is 78.6 cm³/mol. The maximum absolute atomic E-state index is 12.2. The second-order valence-corrected chi connectivity index (χ2v) is 7.41. The molecule has 21 heavy (non-hydrogen) atoms. The zero-order valence-corrected chi connectivity index (χ0v) is 13.2. The van der Waals surface area contributed by atoms with Crippen molar-refractivity contribution >= 4 is 11.9 Å². The molecular weight excluding hydrogens is 270 g/mol. The van der Waals surface area contributed by atoms with Crippen molar-refractivity contribution in [3.05, 3.63) is 0 Å². The van der Waals surface area contributed by atoms with E-state index in [1.807, 2.05) is 0 Å². The van der Waals surface area contributed by atoms with Gasteiger partial charge in [0.2, 0.25) is 5.91 Å². The van der Waals surface area contributed by atoms with Gasteiger partial charge in [-0.3, -0.25) is 9.59 Å². The highest BCUT2D eigenvalue weighted by molar-refractivity contribution is 5.91. The van der Waals surface area contributed by atoms with Crippen molar-refractivity contribution in [2.24, 2.45) is 23.2 Å². The third kappa shape index (κ3) is 3.23. The number of aliphatic hydroxyl groups is 1. The van der Waals surface area contributed by atoms with E-state index in [0.717, 1.165) is 19.3 Å². The van der Waals surface area contributed by atoms with Crippen LogP contribution in [-0.4, -0.2) is 34.2 Å². The number of amides is 1. The molecule has 2 fully saturated rings. The van der Waals surface area contributed by atoms with Crippen LogP contribution < -0.4 is 5.32 Å². The summed E-state index contributed by atoms with van der Waals surface area (Å²) >= 11 is 0. The van der Waals surface area contributed by atoms with Gasteiger partial charge < -0.3 is 15.5 Å². The summed E-state index contributed by atoms with van der Waals surface area (Å²) in [6.45, 7) is 6.01. The summed E-state index contributed by atoms with van der Waals surface area (Å²) in [5.74, 6) is -1.56. The van der Waals surface area contributed by atoms with Crippen LogP contribution in [0.3, 0.4) is 0 Å². The van der Waals surface area contributed by atoms with E-state index in [-0.39, 0.29) is 12.5 Å². The van der Waals surface area contributed by atoms with Gasteiger partial charge in [0.25, 0.3) is 0 Å². The molecule has 0 heterocycles. The third-order valence-corrected chi connectivity index (χ3v) is 5.58. The molecule has 0 saturated heterocycles. The smallest absolute Gasteiger partial charge is 0.307 e. The van der Waals surface area contributed by atoms with E-state index >= 15 is 0 Å². The van der Waals surface area contributed by atoms with Crippen LogP contribution in [0.25, 0.3) is 0 Å². The van der Waals surface area contributed by atoms with Crippen LogP contribution in [0.2, 0.25) is 0 Å². The van der Waals surface area contributed by atoms with Crippen LogP contribution in [0.15, 0.2) is 0 Å². The first-order valence-corrected chi connectivity index (χ1v) is 7.94. The number of carboxylic acid groups (broad SMARTS) is 1. The molecule has 1 amide bonds. The Morgan fingerprint density at radius 2 is 1.76 bits per heavy atom. The molecule has 0 radical (unpaired) electrons. The molecule has 2 aliphatic carbocycles. The average Bonchev–Trinajstić information content (AvgIpc) is 3.00. The summed E-state index contributed by atoms with van der Waals surface area (Å²) < 4.78 is 0. The van der Waals surface area contributed by atoms with Crippen LogP contribution in [0.4, 0.5) is 0 Å². The number of rotatable bonds is 5. The number of hydrogen-bond acceptors (Lipinski definition) is 3. The number of carboxylic acids is 1. The van der Waals surface area contributed by atoms with E-state index in [9.17, 15) is 14.7 Å². The molecule has 5 nitrogen and oxygen atoms in total. The normalized spacial score (nSPS) is 37.8. The fourth-order valence-electron chi connectivity index (χ4n) is 3.75. The van der Waals surface area contributed by atoms with Crippen molar-refractivity contribution in [2.75, 3.05) is 6.54 Å². The SMILES string of the molecule is CCC1CCC(O)(CNC(=O)[C@H]2[C@@H](C(=O)O)C2(C)C)CC1. The van der Waals surface area contributed by atoms with Gasteiger partial charge in [0.05, 0.1) is 17.4 Å². The highest BCUT2D eigenvalue weighted by Gasteiger charge is 2.65. The Labute approximate surface area is 126 Å². The summed E-state index contributed by atoms with van der Waals surface area (Å²) in [7, 11) is 0. The van der Waals surface area contributed by atoms with E-state index in [2.05, 4.69) is 12.2 Å². The van der Waals surface area contributed by atoms with Gasteiger partial charge in [-0.1, -0.05) is 27.2 Å². The predicted octanol–water partition coefficient (Wildman–Crippen LogP) is 1.79. The summed E-state index contributed by atoms with van der Waals surface area (Å²) in [5.41, 5.74) is -1.31. The Balaban J connectivity index is 1.84. The van der Waals surface area contributed by atoms with Crippen LogP contribution in [0.5, 0.6) is 0 Å². The van der Waals surface area contributed by atoms with Crippen molar-refractivity contribution in [1.82, 2.24) is 5.32 Å². The number of carbonyl (C=O) groups is 2. The van der Waals surface area contributed by atoms with Crippen LogP contribution in [0.1, 0.15) is 52.9 Å². The number of hydrogen-bond donors (Lipinski definition) is 3. The summed E-state index contributed by atoms with van der Waals surface area (Å²) in [5, 5.41) is 22.4. The standard InChI is InChI=1S/C16H27NO4/c1-4-10-5-7-16(21,8-6-10)9-17-13(18)11-12(14(19)20)15(11,2)3/h10-12,21H,4-9H2,1-3H3,(H,17,18)(H,19,20)/t10?,11-,12+,16?/m1/s1. The fraction of sp³-hybridized carbons (Fsp3) is 0.875. The molecule has 2 rings (SSSR count). The van der Waals surface area contributed by atoms with Crippen molar-refractivity contribution in [2.45, 2.75) is 58.5 Å². The molecule has 0 aromatic heterocycles. The molecule has 2 aliphatic rings. The van der Waals surface area contributed by atoms with Crippen LogP contribution in [-0.2, 0) is 9.59 Å². The van der Waals surface area contributed by atoms with E-state index < -0.39 is 28.8 Å². The third-order valence-electron chi connectivity index (χ3n) is 5.58. The summed E-state index contributed by atoms with van der Waals surface area (Å²) in [6.07, 6.45) is 4.55. The van der Waals surface area contributed by atoms with E-state index in [1.54, 1.807) is 13.8 Å². The minimum absolute atomic E-state index is 0.237. The second kappa shape index (κ2) is 5.59. The Hall–Kier alpha value is -1.10. The molecule has 2 atom stereocenters. The lowest BCUT2D eigenvalue weighted by molar-refractivity contribution is -0.140. The largest absolute Gasteiger partial charge is 0.481 e. The first-order valence-electron chi connectivity index (χ1n) is 7.94. The van der Waals surface area contributed by atoms with Gasteiger partial charge in [-0.25, -0.2) is 0 Å². The molecule has 0 aromatic carbocycles. The van der Waals surface area contributed by atoms with Crippen molar-refractivity contribution in [1.29, 1.82) is 0 Å². The van der Waals surface area contributed by atoms with Gasteiger partial charge in [-0.15, -0.1) is 0 Å². The van der Waals surface area contributed by atoms with Crippen LogP contribution in [0, 0.1) is 23.2 Å². The van der Waals surface area contributed by atoms with Crippen molar-refractivity contribution in [3.63, 3.8) is 0 Å². The summed E-state index contributed by atoms with van der Waals surface area (Å²) in [4.78, 5) is 23.3. The van der Waals surface area contributed by atoms with E-state index in [0.29, 0.717) is 18.8 Å². The number of carbonyl (C=O) groups excluding carboxylic acids is 1. The van der Waals surface area contributed by atoms with Gasteiger partial charge in [-0.05, 0) is 37.0 Å². The average molecular weight is 297 g/mol. The Morgan fingerprint density at radius 3 is 2.19 bits per heavy atom. The lowest BCUT2D eigenvalue weighted by Crippen LogP contribution is -2.46. The Morgan fingerprint density at radius 1 is 1.19 bits per heavy atom. The van der Waals surface area contributed by atoms with Gasteiger partial charge in [0, 0.05) is 6.54 Å². The minimum atomic E-state index is -0.915. The van der Waals surface area contributed by atoms with Crippen LogP contribution >= 0.6 is 0 Å². The molecule has 120 valence electrons. The highest BCUT2D eigenvalue weighted by atomic mass is 16.4. The second-order valence-electron chi connectivity index (χ2n) is 7.41. The molecular formula is C16H27NO4. The van der Waals surface area contributed by atoms with Gasteiger partial charge in [0.15, 0.2) is 0 Å². The van der Waals surface area contributed by atoms with E-state index in [1.165, 1.54) is 0 Å². The first kappa shape index (κ1) is 16.3. The molecule has 5 heteroatoms. The molecule has 0 aliphatic heterocycles. The Bertz CT molecular complexity index is 424. The van der Waals surface area contributed by atoms with E-state index in [4.69, 9.17) is 5.11 Å².